The van der Waals surface area contributed by atoms with Crippen LogP contribution in [0.2, 0.25) is 0 Å². The highest BCUT2D eigenvalue weighted by Gasteiger charge is 2.06. The number of guanidine groups is 1. The fraction of sp³-hybridized carbons (Fsp3) is 0.556. The summed E-state index contributed by atoms with van der Waals surface area (Å²) in [6.07, 6.45) is 5.51. The second-order valence-electron chi connectivity index (χ2n) is 6.32. The van der Waals surface area contributed by atoms with E-state index in [0.29, 0.717) is 12.5 Å². The molecular weight excluding hydrogens is 429 g/mol. The molecule has 0 fully saturated rings. The second kappa shape index (κ2) is 11.2. The van der Waals surface area contributed by atoms with Gasteiger partial charge in [-0.1, -0.05) is 20.8 Å². The zero-order valence-electron chi connectivity index (χ0n) is 15.6. The molecule has 7 heteroatoms. The number of hydrogen-bond acceptors (Lipinski definition) is 3. The van der Waals surface area contributed by atoms with E-state index in [1.807, 2.05) is 30.1 Å². The molecule has 0 aliphatic carbocycles. The highest BCUT2D eigenvalue weighted by atomic mass is 127. The normalized spacial score (nSPS) is 11.5. The highest BCUT2D eigenvalue weighted by molar-refractivity contribution is 14.0. The minimum absolute atomic E-state index is 0. The van der Waals surface area contributed by atoms with Gasteiger partial charge in [-0.05, 0) is 24.5 Å². The molecule has 0 bridgehead atoms. The quantitative estimate of drug-likeness (QED) is 0.362. The number of furan rings is 1. The molecular formula is C18H30IN5O. The van der Waals surface area contributed by atoms with Crippen LogP contribution < -0.4 is 10.6 Å². The fourth-order valence-electron chi connectivity index (χ4n) is 2.41. The van der Waals surface area contributed by atoms with Gasteiger partial charge in [-0.25, -0.2) is 4.99 Å². The molecule has 0 spiro atoms. The molecule has 0 aliphatic rings. The summed E-state index contributed by atoms with van der Waals surface area (Å²) in [6.45, 7) is 8.79. The average Bonchev–Trinajstić information content (AvgIpc) is 3.18. The van der Waals surface area contributed by atoms with Crippen molar-refractivity contribution in [2.75, 3.05) is 13.1 Å². The fourth-order valence-corrected chi connectivity index (χ4v) is 2.41. The van der Waals surface area contributed by atoms with Crippen molar-refractivity contribution in [3.05, 3.63) is 41.6 Å². The van der Waals surface area contributed by atoms with Crippen molar-refractivity contribution in [1.29, 1.82) is 0 Å². The summed E-state index contributed by atoms with van der Waals surface area (Å²) >= 11 is 0. The van der Waals surface area contributed by atoms with Crippen LogP contribution in [0, 0.1) is 5.92 Å². The average molecular weight is 459 g/mol. The van der Waals surface area contributed by atoms with Gasteiger partial charge in [-0.3, -0.25) is 4.68 Å². The summed E-state index contributed by atoms with van der Waals surface area (Å²) in [5.74, 6) is 2.37. The Morgan fingerprint density at radius 1 is 1.36 bits per heavy atom. The van der Waals surface area contributed by atoms with Crippen LogP contribution in [0.3, 0.4) is 0 Å². The first-order chi connectivity index (χ1) is 11.6. The van der Waals surface area contributed by atoms with Crippen LogP contribution in [-0.2, 0) is 26.4 Å². The van der Waals surface area contributed by atoms with Crippen molar-refractivity contribution in [1.82, 2.24) is 20.4 Å². The van der Waals surface area contributed by atoms with Gasteiger partial charge in [0.05, 0.1) is 18.5 Å². The van der Waals surface area contributed by atoms with Gasteiger partial charge in [-0.15, -0.1) is 24.0 Å². The van der Waals surface area contributed by atoms with Crippen LogP contribution in [0.5, 0.6) is 0 Å². The molecule has 2 rings (SSSR count). The van der Waals surface area contributed by atoms with Crippen LogP contribution in [0.4, 0.5) is 0 Å². The van der Waals surface area contributed by atoms with E-state index in [0.717, 1.165) is 43.3 Å². The standard InChI is InChI=1S/C18H29N5O.HI/c1-5-17-15(13-23(4)22-17)12-21-18(20-11-14(2)3)19-9-8-16-7-6-10-24-16;/h6-7,10,13-14H,5,8-9,11-12H2,1-4H3,(H2,19,20,21);1H. The molecule has 0 saturated heterocycles. The summed E-state index contributed by atoms with van der Waals surface area (Å²) in [6, 6.07) is 3.90. The lowest BCUT2D eigenvalue weighted by Gasteiger charge is -2.14. The Labute approximate surface area is 167 Å². The molecule has 0 aliphatic heterocycles. The van der Waals surface area contributed by atoms with Crippen LogP contribution in [-0.4, -0.2) is 28.8 Å². The molecule has 0 amide bonds. The molecule has 140 valence electrons. The zero-order chi connectivity index (χ0) is 17.4. The van der Waals surface area contributed by atoms with Crippen LogP contribution >= 0.6 is 24.0 Å². The molecule has 2 heterocycles. The monoisotopic (exact) mass is 459 g/mol. The first kappa shape index (κ1) is 21.5. The van der Waals surface area contributed by atoms with Gasteiger partial charge in [0.25, 0.3) is 0 Å². The molecule has 2 aromatic rings. The van der Waals surface area contributed by atoms with E-state index in [9.17, 15) is 0 Å². The molecule has 0 unspecified atom stereocenters. The maximum atomic E-state index is 5.36. The number of aryl methyl sites for hydroxylation is 2. The topological polar surface area (TPSA) is 67.4 Å². The first-order valence-corrected chi connectivity index (χ1v) is 8.64. The SMILES string of the molecule is CCc1nn(C)cc1CN=C(NCCc1ccco1)NCC(C)C.I. The van der Waals surface area contributed by atoms with Crippen molar-refractivity contribution in [3.63, 3.8) is 0 Å². The van der Waals surface area contributed by atoms with Gasteiger partial charge in [0.15, 0.2) is 5.96 Å². The summed E-state index contributed by atoms with van der Waals surface area (Å²) in [7, 11) is 1.95. The Hall–Kier alpha value is -1.51. The molecule has 0 saturated carbocycles. The van der Waals surface area contributed by atoms with E-state index in [2.05, 4.69) is 36.5 Å². The van der Waals surface area contributed by atoms with Gasteiger partial charge >= 0.3 is 0 Å². The number of nitrogens with zero attached hydrogens (tertiary/aromatic N) is 3. The number of hydrogen-bond donors (Lipinski definition) is 2. The summed E-state index contributed by atoms with van der Waals surface area (Å²) in [5, 5.41) is 11.2. The van der Waals surface area contributed by atoms with Gasteiger partial charge in [0, 0.05) is 38.3 Å². The van der Waals surface area contributed by atoms with Gasteiger partial charge in [-0.2, -0.15) is 5.10 Å². The summed E-state index contributed by atoms with van der Waals surface area (Å²) in [4.78, 5) is 4.72. The Morgan fingerprint density at radius 2 is 2.16 bits per heavy atom. The highest BCUT2D eigenvalue weighted by Crippen LogP contribution is 2.08. The first-order valence-electron chi connectivity index (χ1n) is 8.64. The summed E-state index contributed by atoms with van der Waals surface area (Å²) < 4.78 is 7.22. The number of rotatable bonds is 8. The number of aliphatic imine (C=N–C) groups is 1. The van der Waals surface area contributed by atoms with E-state index < -0.39 is 0 Å². The number of halogens is 1. The van der Waals surface area contributed by atoms with Crippen molar-refractivity contribution < 1.29 is 4.42 Å². The van der Waals surface area contributed by atoms with Crippen molar-refractivity contribution >= 4 is 29.9 Å². The zero-order valence-corrected chi connectivity index (χ0v) is 17.9. The third-order valence-corrected chi connectivity index (χ3v) is 3.66. The largest absolute Gasteiger partial charge is 0.469 e. The molecule has 2 N–H and O–H groups in total. The maximum absolute atomic E-state index is 5.36. The Kier molecular flexibility index (Phi) is 9.62. The van der Waals surface area contributed by atoms with E-state index in [1.54, 1.807) is 6.26 Å². The Bertz CT molecular complexity index is 634. The molecule has 0 atom stereocenters. The molecule has 2 aromatic heterocycles. The van der Waals surface area contributed by atoms with E-state index in [-0.39, 0.29) is 24.0 Å². The molecule has 6 nitrogen and oxygen atoms in total. The molecule has 0 aromatic carbocycles. The molecule has 25 heavy (non-hydrogen) atoms. The van der Waals surface area contributed by atoms with Gasteiger partial charge in [0.1, 0.15) is 5.76 Å². The molecule has 0 radical (unpaired) electrons. The van der Waals surface area contributed by atoms with Gasteiger partial charge < -0.3 is 15.1 Å². The lowest BCUT2D eigenvalue weighted by molar-refractivity contribution is 0.506. The minimum atomic E-state index is 0. The van der Waals surface area contributed by atoms with Crippen LogP contribution in [0.25, 0.3) is 0 Å². The minimum Gasteiger partial charge on any atom is -0.469 e. The van der Waals surface area contributed by atoms with Crippen molar-refractivity contribution in [2.24, 2.45) is 18.0 Å². The van der Waals surface area contributed by atoms with E-state index in [4.69, 9.17) is 9.41 Å². The van der Waals surface area contributed by atoms with Crippen LogP contribution in [0.15, 0.2) is 34.0 Å². The predicted octanol–water partition coefficient (Wildman–Crippen LogP) is 3.13. The lowest BCUT2D eigenvalue weighted by Crippen LogP contribution is -2.40. The lowest BCUT2D eigenvalue weighted by atomic mass is 10.2. The second-order valence-corrected chi connectivity index (χ2v) is 6.32. The third kappa shape index (κ3) is 7.50. The summed E-state index contributed by atoms with van der Waals surface area (Å²) in [5.41, 5.74) is 2.29. The number of nitrogens with one attached hydrogen (secondary N) is 2. The van der Waals surface area contributed by atoms with Crippen molar-refractivity contribution in [3.8, 4) is 0 Å². The van der Waals surface area contributed by atoms with Crippen molar-refractivity contribution in [2.45, 2.75) is 40.2 Å². The Morgan fingerprint density at radius 3 is 2.80 bits per heavy atom. The maximum Gasteiger partial charge on any atom is 0.191 e. The third-order valence-electron chi connectivity index (χ3n) is 3.66. The van der Waals surface area contributed by atoms with Gasteiger partial charge in [0.2, 0.25) is 0 Å². The predicted molar refractivity (Wildman–Crippen MR) is 112 cm³/mol. The van der Waals surface area contributed by atoms with E-state index >= 15 is 0 Å². The van der Waals surface area contributed by atoms with Crippen LogP contribution in [0.1, 0.15) is 37.8 Å². The smallest absolute Gasteiger partial charge is 0.191 e. The Balaban J connectivity index is 0.00000312. The van der Waals surface area contributed by atoms with E-state index in [1.165, 1.54) is 5.56 Å². The number of aromatic nitrogens is 2.